The summed E-state index contributed by atoms with van der Waals surface area (Å²) >= 11 is 0. The van der Waals surface area contributed by atoms with Gasteiger partial charge in [0.1, 0.15) is 0 Å². The molecule has 0 radical (unpaired) electrons. The van der Waals surface area contributed by atoms with Crippen LogP contribution in [0.3, 0.4) is 0 Å². The maximum absolute atomic E-state index is 4.58. The van der Waals surface area contributed by atoms with Gasteiger partial charge in [0.2, 0.25) is 0 Å². The zero-order valence-corrected chi connectivity index (χ0v) is 13.8. The Labute approximate surface area is 128 Å². The van der Waals surface area contributed by atoms with Crippen molar-refractivity contribution in [1.29, 1.82) is 0 Å². The summed E-state index contributed by atoms with van der Waals surface area (Å²) in [5.74, 6) is 0. The van der Waals surface area contributed by atoms with E-state index in [-0.39, 0.29) is 0 Å². The number of hydrogen-bond acceptors (Lipinski definition) is 2. The molecule has 1 aliphatic carbocycles. The summed E-state index contributed by atoms with van der Waals surface area (Å²) in [6, 6.07) is 7.15. The van der Waals surface area contributed by atoms with Crippen LogP contribution in [0.5, 0.6) is 0 Å². The van der Waals surface area contributed by atoms with Crippen LogP contribution in [0.1, 0.15) is 64.5 Å². The van der Waals surface area contributed by atoms with Gasteiger partial charge in [-0.05, 0) is 37.5 Å². The maximum atomic E-state index is 4.58. The smallest absolute Gasteiger partial charge is 0.0960 e. The van der Waals surface area contributed by atoms with Gasteiger partial charge in [-0.15, -0.1) is 0 Å². The number of fused-ring (bicyclic) bond motifs is 1. The minimum Gasteiger partial charge on any atom is -0.327 e. The molecule has 1 fully saturated rings. The fourth-order valence-corrected chi connectivity index (χ4v) is 3.04. The molecule has 1 aromatic carbocycles. The average Bonchev–Trinajstić information content (AvgIpc) is 3.00. The van der Waals surface area contributed by atoms with Crippen molar-refractivity contribution >= 4 is 16.7 Å². The first-order valence-electron chi connectivity index (χ1n) is 8.20. The van der Waals surface area contributed by atoms with Crippen molar-refractivity contribution < 1.29 is 0 Å². The molecule has 21 heavy (non-hydrogen) atoms. The molecule has 1 aliphatic rings. The second kappa shape index (κ2) is 7.39. The number of aromatic nitrogens is 2. The van der Waals surface area contributed by atoms with E-state index in [0.29, 0.717) is 6.04 Å². The van der Waals surface area contributed by atoms with Crippen LogP contribution >= 0.6 is 0 Å². The average molecular weight is 285 g/mol. The van der Waals surface area contributed by atoms with Crippen LogP contribution in [0.2, 0.25) is 0 Å². The predicted octanol–water partition coefficient (Wildman–Crippen LogP) is 5.01. The Kier molecular flexibility index (Phi) is 5.54. The number of aliphatic imine (C=N–C) groups is 1. The van der Waals surface area contributed by atoms with E-state index in [9.17, 15) is 0 Å². The lowest BCUT2D eigenvalue weighted by Gasteiger charge is -2.23. The number of nitrogens with zero attached hydrogens (tertiary/aromatic N) is 3. The van der Waals surface area contributed by atoms with Gasteiger partial charge in [-0.2, -0.15) is 0 Å². The van der Waals surface area contributed by atoms with Crippen molar-refractivity contribution in [3.63, 3.8) is 0 Å². The second-order valence-corrected chi connectivity index (χ2v) is 5.46. The standard InChI is InChI=1S/C16H21N3.C2H6/c1-12(17-2)13-8-9-16-15(10-13)18-11-19(16)14-6-4-3-5-7-14;1-2/h8-11,14H,3-7H2,1-2H3;1-2H3. The zero-order chi connectivity index (χ0) is 15.2. The first kappa shape index (κ1) is 15.7. The second-order valence-electron chi connectivity index (χ2n) is 5.46. The van der Waals surface area contributed by atoms with Gasteiger partial charge in [0.05, 0.1) is 17.4 Å². The van der Waals surface area contributed by atoms with Crippen molar-refractivity contribution in [2.45, 2.75) is 58.9 Å². The summed E-state index contributed by atoms with van der Waals surface area (Å²) in [7, 11) is 1.83. The largest absolute Gasteiger partial charge is 0.327 e. The number of imidazole rings is 1. The summed E-state index contributed by atoms with van der Waals surface area (Å²) in [5, 5.41) is 0. The van der Waals surface area contributed by atoms with E-state index in [1.165, 1.54) is 43.2 Å². The van der Waals surface area contributed by atoms with Gasteiger partial charge in [-0.3, -0.25) is 4.99 Å². The summed E-state index contributed by atoms with van der Waals surface area (Å²) < 4.78 is 2.37. The minimum atomic E-state index is 0.644. The molecule has 0 spiro atoms. The van der Waals surface area contributed by atoms with Crippen molar-refractivity contribution in [3.8, 4) is 0 Å². The molecule has 3 heteroatoms. The van der Waals surface area contributed by atoms with Gasteiger partial charge in [-0.25, -0.2) is 4.98 Å². The monoisotopic (exact) mass is 285 g/mol. The van der Waals surface area contributed by atoms with E-state index in [4.69, 9.17) is 0 Å². The summed E-state index contributed by atoms with van der Waals surface area (Å²) in [6.07, 6.45) is 8.70. The maximum Gasteiger partial charge on any atom is 0.0960 e. The van der Waals surface area contributed by atoms with E-state index in [2.05, 4.69) is 32.7 Å². The topological polar surface area (TPSA) is 30.2 Å². The molecule has 1 heterocycles. The minimum absolute atomic E-state index is 0.644. The summed E-state index contributed by atoms with van der Waals surface area (Å²) in [5.41, 5.74) is 4.59. The van der Waals surface area contributed by atoms with Gasteiger partial charge >= 0.3 is 0 Å². The summed E-state index contributed by atoms with van der Waals surface area (Å²) in [4.78, 5) is 8.82. The highest BCUT2D eigenvalue weighted by atomic mass is 15.1. The third-order valence-electron chi connectivity index (χ3n) is 4.30. The van der Waals surface area contributed by atoms with E-state index in [0.717, 1.165) is 11.2 Å². The quantitative estimate of drug-likeness (QED) is 0.714. The Bertz CT molecular complexity index is 604. The van der Waals surface area contributed by atoms with Crippen molar-refractivity contribution in [2.24, 2.45) is 4.99 Å². The molecular weight excluding hydrogens is 258 g/mol. The Morgan fingerprint density at radius 1 is 1.19 bits per heavy atom. The highest BCUT2D eigenvalue weighted by Gasteiger charge is 2.17. The highest BCUT2D eigenvalue weighted by molar-refractivity contribution is 6.01. The molecule has 2 aromatic rings. The normalized spacial score (nSPS) is 16.7. The van der Waals surface area contributed by atoms with Gasteiger partial charge in [0.25, 0.3) is 0 Å². The Hall–Kier alpha value is -1.64. The molecule has 0 bridgehead atoms. The lowest BCUT2D eigenvalue weighted by atomic mass is 9.95. The first-order valence-corrected chi connectivity index (χ1v) is 8.20. The molecule has 0 N–H and O–H groups in total. The Morgan fingerprint density at radius 3 is 2.57 bits per heavy atom. The molecule has 0 saturated heterocycles. The first-order chi connectivity index (χ1) is 10.3. The van der Waals surface area contributed by atoms with Gasteiger partial charge < -0.3 is 4.57 Å². The SMILES string of the molecule is CC.CN=C(C)c1ccc2c(c1)ncn2C1CCCCC1. The van der Waals surface area contributed by atoms with Gasteiger partial charge in [0.15, 0.2) is 0 Å². The fourth-order valence-electron chi connectivity index (χ4n) is 3.04. The van der Waals surface area contributed by atoms with Crippen LogP contribution < -0.4 is 0 Å². The molecule has 0 atom stereocenters. The molecule has 0 unspecified atom stereocenters. The molecular formula is C18H27N3. The van der Waals surface area contributed by atoms with E-state index >= 15 is 0 Å². The third kappa shape index (κ3) is 3.34. The van der Waals surface area contributed by atoms with Crippen molar-refractivity contribution in [2.75, 3.05) is 7.05 Å². The Balaban J connectivity index is 0.000000774. The molecule has 3 rings (SSSR count). The molecule has 0 amide bonds. The van der Waals surface area contributed by atoms with Crippen molar-refractivity contribution in [1.82, 2.24) is 9.55 Å². The van der Waals surface area contributed by atoms with Crippen LogP contribution in [-0.4, -0.2) is 22.3 Å². The van der Waals surface area contributed by atoms with Gasteiger partial charge in [-0.1, -0.05) is 39.2 Å². The number of benzene rings is 1. The lowest BCUT2D eigenvalue weighted by molar-refractivity contribution is 0.359. The summed E-state index contributed by atoms with van der Waals surface area (Å²) in [6.45, 7) is 6.04. The predicted molar refractivity (Wildman–Crippen MR) is 91.3 cm³/mol. The highest BCUT2D eigenvalue weighted by Crippen LogP contribution is 2.30. The Morgan fingerprint density at radius 2 is 1.90 bits per heavy atom. The molecule has 1 aromatic heterocycles. The van der Waals surface area contributed by atoms with E-state index in [1.807, 2.05) is 34.1 Å². The van der Waals surface area contributed by atoms with E-state index in [1.54, 1.807) is 0 Å². The van der Waals surface area contributed by atoms with Crippen LogP contribution in [-0.2, 0) is 0 Å². The number of hydrogen-bond donors (Lipinski definition) is 0. The third-order valence-corrected chi connectivity index (χ3v) is 4.30. The van der Waals surface area contributed by atoms with Crippen LogP contribution in [0.25, 0.3) is 11.0 Å². The van der Waals surface area contributed by atoms with Crippen LogP contribution in [0, 0.1) is 0 Å². The molecule has 3 nitrogen and oxygen atoms in total. The van der Waals surface area contributed by atoms with E-state index < -0.39 is 0 Å². The fraction of sp³-hybridized carbons (Fsp3) is 0.556. The zero-order valence-electron chi connectivity index (χ0n) is 13.8. The number of rotatable bonds is 2. The molecule has 1 saturated carbocycles. The van der Waals surface area contributed by atoms with Crippen LogP contribution in [0.15, 0.2) is 29.5 Å². The van der Waals surface area contributed by atoms with Crippen LogP contribution in [0.4, 0.5) is 0 Å². The van der Waals surface area contributed by atoms with Crippen molar-refractivity contribution in [3.05, 3.63) is 30.1 Å². The lowest BCUT2D eigenvalue weighted by Crippen LogP contribution is -2.11. The van der Waals surface area contributed by atoms with Gasteiger partial charge in [0, 0.05) is 18.8 Å². The molecule has 0 aliphatic heterocycles. The molecule has 114 valence electrons.